The van der Waals surface area contributed by atoms with Crippen LogP contribution in [0.15, 0.2) is 34.6 Å². The molecule has 2 aromatic rings. The quantitative estimate of drug-likeness (QED) is 0.684. The summed E-state index contributed by atoms with van der Waals surface area (Å²) in [5, 5.41) is 0.643. The summed E-state index contributed by atoms with van der Waals surface area (Å²) in [6, 6.07) is 3.55. The average Bonchev–Trinajstić information content (AvgIpc) is 2.43. The molecule has 0 saturated heterocycles. The van der Waals surface area contributed by atoms with Gasteiger partial charge in [0.15, 0.2) is 16.7 Å². The molecule has 0 radical (unpaired) electrons. The third-order valence-corrected chi connectivity index (χ3v) is 3.44. The molecule has 1 aromatic heterocycles. The number of methoxy groups -OCH3 is 2. The minimum atomic E-state index is 0.604. The summed E-state index contributed by atoms with van der Waals surface area (Å²) < 4.78 is 10.4. The molecule has 2 rings (SSSR count). The molecule has 0 spiro atoms. The van der Waals surface area contributed by atoms with Crippen molar-refractivity contribution < 1.29 is 9.47 Å². The summed E-state index contributed by atoms with van der Waals surface area (Å²) in [7, 11) is 3.16. The molecule has 6 heteroatoms. The van der Waals surface area contributed by atoms with Crippen molar-refractivity contribution in [3.05, 3.63) is 30.1 Å². The molecule has 0 saturated carbocycles. The minimum Gasteiger partial charge on any atom is -0.493 e. The standard InChI is InChI=1S/C13H15N3O2S/c1-8-6-15-13(16-7-8)19-12-5-11(18-3)10(17-2)4-9(12)14/h4-7H,14H2,1-3H3. The SMILES string of the molecule is COc1cc(N)c(Sc2ncc(C)cn2)cc1OC. The van der Waals surface area contributed by atoms with Gasteiger partial charge in [0.05, 0.1) is 14.2 Å². The van der Waals surface area contributed by atoms with Crippen molar-refractivity contribution in [2.75, 3.05) is 20.0 Å². The fourth-order valence-corrected chi connectivity index (χ4v) is 2.25. The number of hydrogen-bond donors (Lipinski definition) is 1. The zero-order valence-electron chi connectivity index (χ0n) is 11.0. The van der Waals surface area contributed by atoms with E-state index in [-0.39, 0.29) is 0 Å². The number of aromatic nitrogens is 2. The van der Waals surface area contributed by atoms with Crippen LogP contribution in [0, 0.1) is 6.92 Å². The first-order valence-electron chi connectivity index (χ1n) is 5.62. The van der Waals surface area contributed by atoms with Crippen molar-refractivity contribution in [3.63, 3.8) is 0 Å². The highest BCUT2D eigenvalue weighted by Gasteiger charge is 2.11. The van der Waals surface area contributed by atoms with Gasteiger partial charge in [0, 0.05) is 35.1 Å². The Hall–Kier alpha value is -1.95. The van der Waals surface area contributed by atoms with Gasteiger partial charge in [0.2, 0.25) is 0 Å². The van der Waals surface area contributed by atoms with Crippen LogP contribution in [-0.4, -0.2) is 24.2 Å². The van der Waals surface area contributed by atoms with Gasteiger partial charge in [-0.05, 0) is 24.2 Å². The van der Waals surface area contributed by atoms with Gasteiger partial charge in [-0.15, -0.1) is 0 Å². The van der Waals surface area contributed by atoms with Crippen LogP contribution in [0.4, 0.5) is 5.69 Å². The smallest absolute Gasteiger partial charge is 0.192 e. The Morgan fingerprint density at radius 1 is 1.05 bits per heavy atom. The topological polar surface area (TPSA) is 70.3 Å². The Labute approximate surface area is 116 Å². The summed E-state index contributed by atoms with van der Waals surface area (Å²) in [5.41, 5.74) is 7.61. The molecule has 0 aliphatic carbocycles. The van der Waals surface area contributed by atoms with E-state index in [1.807, 2.05) is 13.0 Å². The lowest BCUT2D eigenvalue weighted by Crippen LogP contribution is -1.96. The molecule has 0 bridgehead atoms. The van der Waals surface area contributed by atoms with Crippen molar-refractivity contribution in [2.24, 2.45) is 0 Å². The van der Waals surface area contributed by atoms with Gasteiger partial charge >= 0.3 is 0 Å². The fraction of sp³-hybridized carbons (Fsp3) is 0.231. The van der Waals surface area contributed by atoms with E-state index in [1.54, 1.807) is 32.7 Å². The molecular weight excluding hydrogens is 262 g/mol. The normalized spacial score (nSPS) is 10.3. The molecule has 0 aliphatic heterocycles. The maximum absolute atomic E-state index is 5.99. The van der Waals surface area contributed by atoms with Crippen LogP contribution in [0.25, 0.3) is 0 Å². The number of nitrogens with zero attached hydrogens (tertiary/aromatic N) is 2. The average molecular weight is 277 g/mol. The molecule has 0 fully saturated rings. The zero-order chi connectivity index (χ0) is 13.8. The Bertz CT molecular complexity index is 573. The highest BCUT2D eigenvalue weighted by atomic mass is 32.2. The predicted molar refractivity (Wildman–Crippen MR) is 74.9 cm³/mol. The third-order valence-electron chi connectivity index (χ3n) is 2.47. The molecule has 1 heterocycles. The van der Waals surface area contributed by atoms with Gasteiger partial charge in [-0.1, -0.05) is 0 Å². The maximum Gasteiger partial charge on any atom is 0.192 e. The summed E-state index contributed by atoms with van der Waals surface area (Å²) in [4.78, 5) is 9.31. The van der Waals surface area contributed by atoms with Crippen LogP contribution in [-0.2, 0) is 0 Å². The van der Waals surface area contributed by atoms with E-state index in [0.717, 1.165) is 10.5 Å². The lowest BCUT2D eigenvalue weighted by atomic mass is 10.3. The Morgan fingerprint density at radius 2 is 1.63 bits per heavy atom. The first kappa shape index (κ1) is 13.5. The number of nitrogens with two attached hydrogens (primary N) is 1. The van der Waals surface area contributed by atoms with E-state index in [0.29, 0.717) is 22.3 Å². The van der Waals surface area contributed by atoms with Crippen molar-refractivity contribution in [1.29, 1.82) is 0 Å². The third kappa shape index (κ3) is 3.08. The second-order valence-electron chi connectivity index (χ2n) is 3.89. The Morgan fingerprint density at radius 3 is 2.21 bits per heavy atom. The molecule has 0 unspecified atom stereocenters. The summed E-state index contributed by atoms with van der Waals surface area (Å²) in [5.74, 6) is 1.24. The van der Waals surface area contributed by atoms with E-state index in [1.165, 1.54) is 11.8 Å². The molecule has 0 aliphatic rings. The second-order valence-corrected chi connectivity index (χ2v) is 4.90. The molecular formula is C13H15N3O2S. The second kappa shape index (κ2) is 5.79. The van der Waals surface area contributed by atoms with E-state index in [2.05, 4.69) is 9.97 Å². The molecule has 5 nitrogen and oxygen atoms in total. The van der Waals surface area contributed by atoms with Crippen LogP contribution in [0.3, 0.4) is 0 Å². The van der Waals surface area contributed by atoms with Crippen molar-refractivity contribution in [3.8, 4) is 11.5 Å². The van der Waals surface area contributed by atoms with Crippen LogP contribution in [0.2, 0.25) is 0 Å². The number of anilines is 1. The number of ether oxygens (including phenoxy) is 2. The summed E-state index contributed by atoms with van der Waals surface area (Å²) in [6.07, 6.45) is 3.54. The molecule has 2 N–H and O–H groups in total. The number of aryl methyl sites for hydroxylation is 1. The largest absolute Gasteiger partial charge is 0.493 e. The van der Waals surface area contributed by atoms with E-state index < -0.39 is 0 Å². The lowest BCUT2D eigenvalue weighted by Gasteiger charge is -2.11. The highest BCUT2D eigenvalue weighted by Crippen LogP contribution is 2.38. The van der Waals surface area contributed by atoms with Crippen LogP contribution < -0.4 is 15.2 Å². The molecule has 0 atom stereocenters. The molecule has 100 valence electrons. The van der Waals surface area contributed by atoms with Gasteiger partial charge in [0.25, 0.3) is 0 Å². The number of hydrogen-bond acceptors (Lipinski definition) is 6. The van der Waals surface area contributed by atoms with E-state index in [4.69, 9.17) is 15.2 Å². The highest BCUT2D eigenvalue weighted by molar-refractivity contribution is 7.99. The van der Waals surface area contributed by atoms with Crippen molar-refractivity contribution in [2.45, 2.75) is 17.0 Å². The van der Waals surface area contributed by atoms with Crippen LogP contribution in [0.5, 0.6) is 11.5 Å². The molecule has 0 amide bonds. The number of nitrogen functional groups attached to an aromatic ring is 1. The van der Waals surface area contributed by atoms with Gasteiger partial charge in [-0.2, -0.15) is 0 Å². The van der Waals surface area contributed by atoms with Gasteiger partial charge in [-0.25, -0.2) is 9.97 Å². The van der Waals surface area contributed by atoms with E-state index >= 15 is 0 Å². The first-order chi connectivity index (χ1) is 9.13. The van der Waals surface area contributed by atoms with Gasteiger partial charge in [-0.3, -0.25) is 0 Å². The Balaban J connectivity index is 2.32. The molecule has 19 heavy (non-hydrogen) atoms. The first-order valence-corrected chi connectivity index (χ1v) is 6.43. The Kier molecular flexibility index (Phi) is 4.11. The zero-order valence-corrected chi connectivity index (χ0v) is 11.8. The van der Waals surface area contributed by atoms with Gasteiger partial charge < -0.3 is 15.2 Å². The van der Waals surface area contributed by atoms with E-state index in [9.17, 15) is 0 Å². The number of rotatable bonds is 4. The van der Waals surface area contributed by atoms with Crippen LogP contribution >= 0.6 is 11.8 Å². The summed E-state index contributed by atoms with van der Waals surface area (Å²) >= 11 is 1.39. The lowest BCUT2D eigenvalue weighted by molar-refractivity contribution is 0.354. The fourth-order valence-electron chi connectivity index (χ4n) is 1.50. The summed E-state index contributed by atoms with van der Waals surface area (Å²) in [6.45, 7) is 1.94. The van der Waals surface area contributed by atoms with Crippen molar-refractivity contribution in [1.82, 2.24) is 9.97 Å². The predicted octanol–water partition coefficient (Wildman–Crippen LogP) is 2.54. The van der Waals surface area contributed by atoms with Gasteiger partial charge in [0.1, 0.15) is 0 Å². The number of benzene rings is 1. The van der Waals surface area contributed by atoms with Crippen molar-refractivity contribution >= 4 is 17.4 Å². The van der Waals surface area contributed by atoms with Crippen LogP contribution in [0.1, 0.15) is 5.56 Å². The monoisotopic (exact) mass is 277 g/mol. The maximum atomic E-state index is 5.99. The minimum absolute atomic E-state index is 0.604. The molecule has 1 aromatic carbocycles.